The van der Waals surface area contributed by atoms with E-state index in [4.69, 9.17) is 9.63 Å². The number of nitrogens with zero attached hydrogens (tertiary/aromatic N) is 1. The van der Waals surface area contributed by atoms with E-state index in [2.05, 4.69) is 39.0 Å². The van der Waals surface area contributed by atoms with Gasteiger partial charge in [0.05, 0.1) is 12.8 Å². The van der Waals surface area contributed by atoms with Gasteiger partial charge in [0.15, 0.2) is 8.32 Å². The third-order valence-electron chi connectivity index (χ3n) is 2.41. The molecule has 0 aliphatic heterocycles. The number of hydrogen-bond acceptors (Lipinski definition) is 3. The van der Waals surface area contributed by atoms with Gasteiger partial charge in [-0.3, -0.25) is 0 Å². The molecular weight excluding hydrogens is 170 g/mol. The molecule has 0 aliphatic rings. The lowest BCUT2D eigenvalue weighted by Gasteiger charge is -2.35. The molecule has 0 aliphatic carbocycles. The first-order chi connectivity index (χ1) is 5.31. The Hall–Kier alpha value is -0.353. The van der Waals surface area contributed by atoms with E-state index >= 15 is 0 Å². The third kappa shape index (κ3) is 3.36. The molecule has 0 radical (unpaired) electrons. The lowest BCUT2D eigenvalue weighted by atomic mass is 10.2. The van der Waals surface area contributed by atoms with Gasteiger partial charge in [-0.05, 0) is 18.1 Å². The summed E-state index contributed by atoms with van der Waals surface area (Å²) in [5.41, 5.74) is 0. The maximum Gasteiger partial charge on any atom is 0.192 e. The van der Waals surface area contributed by atoms with Crippen molar-refractivity contribution in [3.63, 3.8) is 0 Å². The molecule has 0 aromatic rings. The largest absolute Gasteiger partial charge is 0.411 e. The van der Waals surface area contributed by atoms with Crippen LogP contribution < -0.4 is 0 Å². The Labute approximate surface area is 75.6 Å². The van der Waals surface area contributed by atoms with Crippen molar-refractivity contribution in [3.8, 4) is 0 Å². The van der Waals surface area contributed by atoms with Crippen LogP contribution >= 0.6 is 0 Å². The molecule has 12 heavy (non-hydrogen) atoms. The van der Waals surface area contributed by atoms with E-state index in [9.17, 15) is 0 Å². The molecule has 0 amide bonds. The molecule has 0 heterocycles. The highest BCUT2D eigenvalue weighted by molar-refractivity contribution is 6.74. The van der Waals surface area contributed by atoms with Crippen LogP contribution in [0.15, 0.2) is 5.16 Å². The Bertz CT molecular complexity index is 161. The summed E-state index contributed by atoms with van der Waals surface area (Å²) in [4.78, 5) is 0. The second-order valence-electron chi connectivity index (χ2n) is 4.37. The SMILES string of the molecule is CC(C)(C)[Si](C)(C)OC/C=N\O. The average Bonchev–Trinajstić information content (AvgIpc) is 1.85. The average molecular weight is 189 g/mol. The van der Waals surface area contributed by atoms with E-state index in [-0.39, 0.29) is 5.04 Å². The summed E-state index contributed by atoms with van der Waals surface area (Å²) in [5.74, 6) is 0. The molecule has 0 unspecified atom stereocenters. The molecule has 0 saturated carbocycles. The molecule has 4 heteroatoms. The summed E-state index contributed by atoms with van der Waals surface area (Å²) in [6.45, 7) is 11.3. The highest BCUT2D eigenvalue weighted by atomic mass is 28.4. The van der Waals surface area contributed by atoms with Gasteiger partial charge in [-0.2, -0.15) is 0 Å². The molecule has 3 nitrogen and oxygen atoms in total. The van der Waals surface area contributed by atoms with E-state index in [1.165, 1.54) is 6.21 Å². The zero-order valence-corrected chi connectivity index (χ0v) is 9.59. The molecule has 1 N–H and O–H groups in total. The fraction of sp³-hybridized carbons (Fsp3) is 0.875. The Morgan fingerprint density at radius 1 is 1.42 bits per heavy atom. The van der Waals surface area contributed by atoms with Crippen molar-refractivity contribution in [2.45, 2.75) is 38.9 Å². The van der Waals surface area contributed by atoms with Crippen LogP contribution in [-0.2, 0) is 4.43 Å². The van der Waals surface area contributed by atoms with E-state index in [0.29, 0.717) is 6.61 Å². The summed E-state index contributed by atoms with van der Waals surface area (Å²) in [6, 6.07) is 0. The molecule has 0 bridgehead atoms. The maximum absolute atomic E-state index is 8.17. The molecule has 0 fully saturated rings. The standard InChI is InChI=1S/C8H19NO2Si/c1-8(2,3)12(4,5)11-7-6-9-10/h6,10H,7H2,1-5H3/b9-6-. The molecule has 0 rings (SSSR count). The summed E-state index contributed by atoms with van der Waals surface area (Å²) in [7, 11) is -1.64. The second-order valence-corrected chi connectivity index (χ2v) is 9.18. The number of rotatable bonds is 3. The highest BCUT2D eigenvalue weighted by Gasteiger charge is 2.36. The fourth-order valence-electron chi connectivity index (χ4n) is 0.495. The van der Waals surface area contributed by atoms with Gasteiger partial charge in [0.2, 0.25) is 0 Å². The van der Waals surface area contributed by atoms with E-state index in [1.807, 2.05) is 0 Å². The van der Waals surface area contributed by atoms with Crippen LogP contribution in [0.4, 0.5) is 0 Å². The summed E-state index contributed by atoms with van der Waals surface area (Å²) in [6.07, 6.45) is 1.38. The summed E-state index contributed by atoms with van der Waals surface area (Å²) >= 11 is 0. The van der Waals surface area contributed by atoms with Gasteiger partial charge in [0, 0.05) is 0 Å². The van der Waals surface area contributed by atoms with Gasteiger partial charge in [-0.25, -0.2) is 0 Å². The first-order valence-electron chi connectivity index (χ1n) is 4.11. The Morgan fingerprint density at radius 2 is 1.92 bits per heavy atom. The van der Waals surface area contributed by atoms with Crippen LogP contribution in [0.2, 0.25) is 18.1 Å². The van der Waals surface area contributed by atoms with Crippen LogP contribution in [-0.4, -0.2) is 26.3 Å². The summed E-state index contributed by atoms with van der Waals surface area (Å²) in [5, 5.41) is 11.3. The van der Waals surface area contributed by atoms with Gasteiger partial charge in [-0.15, -0.1) is 0 Å². The molecule has 0 aromatic carbocycles. The lowest BCUT2D eigenvalue weighted by Crippen LogP contribution is -2.41. The zero-order valence-electron chi connectivity index (χ0n) is 8.59. The number of oxime groups is 1. The van der Waals surface area contributed by atoms with Gasteiger partial charge < -0.3 is 9.63 Å². The Kier molecular flexibility index (Phi) is 3.93. The van der Waals surface area contributed by atoms with Crippen molar-refractivity contribution in [1.82, 2.24) is 0 Å². The normalized spacial score (nSPS) is 14.1. The lowest BCUT2D eigenvalue weighted by molar-refractivity contribution is 0.306. The molecule has 0 aromatic heterocycles. The first kappa shape index (κ1) is 11.6. The van der Waals surface area contributed by atoms with Gasteiger partial charge in [0.1, 0.15) is 0 Å². The molecule has 0 saturated heterocycles. The van der Waals surface area contributed by atoms with Crippen LogP contribution in [0.5, 0.6) is 0 Å². The van der Waals surface area contributed by atoms with Gasteiger partial charge in [-0.1, -0.05) is 25.9 Å². The first-order valence-corrected chi connectivity index (χ1v) is 7.02. The topological polar surface area (TPSA) is 41.8 Å². The van der Waals surface area contributed by atoms with Crippen LogP contribution in [0.3, 0.4) is 0 Å². The van der Waals surface area contributed by atoms with Gasteiger partial charge in [0.25, 0.3) is 0 Å². The van der Waals surface area contributed by atoms with Crippen molar-refractivity contribution < 1.29 is 9.63 Å². The smallest absolute Gasteiger partial charge is 0.192 e. The van der Waals surface area contributed by atoms with Crippen molar-refractivity contribution in [2.24, 2.45) is 5.16 Å². The quantitative estimate of drug-likeness (QED) is 0.321. The predicted molar refractivity (Wildman–Crippen MR) is 53.4 cm³/mol. The number of hydrogen-bond donors (Lipinski definition) is 1. The van der Waals surface area contributed by atoms with Crippen molar-refractivity contribution in [3.05, 3.63) is 0 Å². The molecule has 0 atom stereocenters. The van der Waals surface area contributed by atoms with Crippen molar-refractivity contribution >= 4 is 14.5 Å². The Balaban J connectivity index is 4.05. The summed E-state index contributed by atoms with van der Waals surface area (Å²) < 4.78 is 5.66. The molecule has 72 valence electrons. The van der Waals surface area contributed by atoms with Gasteiger partial charge >= 0.3 is 0 Å². The van der Waals surface area contributed by atoms with Crippen molar-refractivity contribution in [2.75, 3.05) is 6.61 Å². The second kappa shape index (κ2) is 4.05. The van der Waals surface area contributed by atoms with Crippen LogP contribution in [0.1, 0.15) is 20.8 Å². The fourth-order valence-corrected chi connectivity index (χ4v) is 1.42. The van der Waals surface area contributed by atoms with Crippen LogP contribution in [0.25, 0.3) is 0 Å². The van der Waals surface area contributed by atoms with E-state index in [1.54, 1.807) is 0 Å². The maximum atomic E-state index is 8.17. The minimum atomic E-state index is -1.64. The third-order valence-corrected chi connectivity index (χ3v) is 6.91. The molecular formula is C8H19NO2Si. The van der Waals surface area contributed by atoms with Crippen LogP contribution in [0, 0.1) is 0 Å². The van der Waals surface area contributed by atoms with E-state index in [0.717, 1.165) is 0 Å². The minimum Gasteiger partial charge on any atom is -0.411 e. The van der Waals surface area contributed by atoms with Crippen molar-refractivity contribution in [1.29, 1.82) is 0 Å². The minimum absolute atomic E-state index is 0.219. The highest BCUT2D eigenvalue weighted by Crippen LogP contribution is 2.36. The molecule has 0 spiro atoms. The Morgan fingerprint density at radius 3 is 2.25 bits per heavy atom. The monoisotopic (exact) mass is 189 g/mol. The zero-order chi connectivity index (χ0) is 9.83. The predicted octanol–water partition coefficient (Wildman–Crippen LogP) is 2.47. The van der Waals surface area contributed by atoms with E-state index < -0.39 is 8.32 Å².